The Morgan fingerprint density at radius 3 is 2.43 bits per heavy atom. The Balaban J connectivity index is 0.000000195. The summed E-state index contributed by atoms with van der Waals surface area (Å²) < 4.78 is 18.7. The van der Waals surface area contributed by atoms with E-state index in [1.54, 1.807) is 17.0 Å². The summed E-state index contributed by atoms with van der Waals surface area (Å²) in [5.74, 6) is 0.205. The molecule has 1 aliphatic carbocycles. The molecule has 2 aromatic carbocycles. The third kappa shape index (κ3) is 5.80. The molecule has 4 aliphatic rings. The van der Waals surface area contributed by atoms with E-state index in [-0.39, 0.29) is 36.1 Å². The fraction of sp³-hybridized carbons (Fsp3) is 0.464. The number of imide groups is 1. The van der Waals surface area contributed by atoms with Crippen molar-refractivity contribution in [1.29, 1.82) is 0 Å². The van der Waals surface area contributed by atoms with Crippen LogP contribution in [-0.2, 0) is 16.1 Å². The molecule has 2 N–H and O–H groups in total. The molecule has 6 rings (SSSR count). The van der Waals surface area contributed by atoms with E-state index < -0.39 is 6.04 Å². The van der Waals surface area contributed by atoms with Crippen LogP contribution in [0.5, 0.6) is 5.75 Å². The standard InChI is InChI=1S/C19H22N2O4.C9H9ClFN/c22-17-9-8-16(18(23)20-17)21-11-12-10-14(6-7-15(12)19(21)24)25-13-4-2-1-3-5-13;10-9-3-7(11)1-2-8(9)6-4-12-5-6/h6-7,10,13,16H,1-5,8-9,11H2,(H,20,22,23);1-3,6,12H,4-5H2. The van der Waals surface area contributed by atoms with Gasteiger partial charge in [0.2, 0.25) is 11.8 Å². The Morgan fingerprint density at radius 2 is 1.76 bits per heavy atom. The Morgan fingerprint density at radius 1 is 0.973 bits per heavy atom. The molecule has 37 heavy (non-hydrogen) atoms. The molecule has 196 valence electrons. The van der Waals surface area contributed by atoms with Crippen molar-refractivity contribution in [3.05, 3.63) is 63.9 Å². The van der Waals surface area contributed by atoms with Crippen molar-refractivity contribution in [3.8, 4) is 5.75 Å². The van der Waals surface area contributed by atoms with Gasteiger partial charge in [0.25, 0.3) is 5.91 Å². The summed E-state index contributed by atoms with van der Waals surface area (Å²) >= 11 is 5.87. The number of carbonyl (C=O) groups excluding carboxylic acids is 3. The number of nitrogens with zero attached hydrogens (tertiary/aromatic N) is 1. The van der Waals surface area contributed by atoms with Gasteiger partial charge in [-0.15, -0.1) is 0 Å². The average molecular weight is 528 g/mol. The number of carbonyl (C=O) groups is 3. The highest BCUT2D eigenvalue weighted by Gasteiger charge is 2.39. The quantitative estimate of drug-likeness (QED) is 0.578. The largest absolute Gasteiger partial charge is 0.490 e. The molecule has 1 saturated carbocycles. The van der Waals surface area contributed by atoms with E-state index in [2.05, 4.69) is 10.6 Å². The lowest BCUT2D eigenvalue weighted by Crippen LogP contribution is -2.52. The number of ether oxygens (including phenoxy) is 1. The van der Waals surface area contributed by atoms with Crippen LogP contribution in [-0.4, -0.2) is 47.9 Å². The number of hydrogen-bond acceptors (Lipinski definition) is 5. The number of hydrogen-bond donors (Lipinski definition) is 2. The zero-order valence-corrected chi connectivity index (χ0v) is 21.4. The number of piperidine rings is 1. The van der Waals surface area contributed by atoms with E-state index in [9.17, 15) is 18.8 Å². The molecule has 1 unspecified atom stereocenters. The maximum atomic E-state index is 12.6. The molecule has 3 fully saturated rings. The lowest BCUT2D eigenvalue weighted by molar-refractivity contribution is -0.136. The van der Waals surface area contributed by atoms with Gasteiger partial charge in [0.15, 0.2) is 0 Å². The lowest BCUT2D eigenvalue weighted by atomic mass is 9.94. The highest BCUT2D eigenvalue weighted by atomic mass is 35.5. The van der Waals surface area contributed by atoms with Gasteiger partial charge in [-0.05, 0) is 73.6 Å². The zero-order chi connectivity index (χ0) is 25.9. The highest BCUT2D eigenvalue weighted by molar-refractivity contribution is 6.31. The van der Waals surface area contributed by atoms with Crippen LogP contribution >= 0.6 is 11.6 Å². The van der Waals surface area contributed by atoms with E-state index in [1.165, 1.54) is 31.4 Å². The Bertz CT molecular complexity index is 1200. The first-order valence-electron chi connectivity index (χ1n) is 13.0. The molecule has 3 aliphatic heterocycles. The SMILES string of the molecule is Fc1ccc(C2CNC2)c(Cl)c1.O=C1CCC(N2Cc3cc(OC4CCCCC4)ccc3C2=O)C(=O)N1. The molecule has 1 atom stereocenters. The molecule has 3 heterocycles. The van der Waals surface area contributed by atoms with Crippen molar-refractivity contribution < 1.29 is 23.5 Å². The first-order valence-corrected chi connectivity index (χ1v) is 13.4. The van der Waals surface area contributed by atoms with E-state index in [0.717, 1.165) is 42.8 Å². The monoisotopic (exact) mass is 527 g/mol. The first-order chi connectivity index (χ1) is 17.9. The molecule has 0 bridgehead atoms. The fourth-order valence-corrected chi connectivity index (χ4v) is 5.66. The smallest absolute Gasteiger partial charge is 0.255 e. The minimum absolute atomic E-state index is 0.145. The van der Waals surface area contributed by atoms with E-state index in [4.69, 9.17) is 16.3 Å². The van der Waals surface area contributed by atoms with Gasteiger partial charge in [0, 0.05) is 42.6 Å². The van der Waals surface area contributed by atoms with Gasteiger partial charge in [-0.2, -0.15) is 0 Å². The van der Waals surface area contributed by atoms with Crippen molar-refractivity contribution in [2.24, 2.45) is 0 Å². The van der Waals surface area contributed by atoms with Crippen LogP contribution in [0.1, 0.15) is 72.3 Å². The number of benzene rings is 2. The van der Waals surface area contributed by atoms with Gasteiger partial charge in [-0.1, -0.05) is 24.1 Å². The van der Waals surface area contributed by atoms with Gasteiger partial charge in [0.05, 0.1) is 6.10 Å². The summed E-state index contributed by atoms with van der Waals surface area (Å²) in [4.78, 5) is 37.6. The lowest BCUT2D eigenvalue weighted by Gasteiger charge is -2.29. The third-order valence-corrected chi connectivity index (χ3v) is 7.86. The van der Waals surface area contributed by atoms with Gasteiger partial charge in [0.1, 0.15) is 17.6 Å². The number of nitrogens with one attached hydrogen (secondary N) is 2. The highest BCUT2D eigenvalue weighted by Crippen LogP contribution is 2.32. The number of amides is 3. The Hall–Kier alpha value is -2.97. The zero-order valence-electron chi connectivity index (χ0n) is 20.6. The van der Waals surface area contributed by atoms with Crippen molar-refractivity contribution in [2.75, 3.05) is 13.1 Å². The van der Waals surface area contributed by atoms with Gasteiger partial charge in [-0.25, -0.2) is 4.39 Å². The summed E-state index contributed by atoms with van der Waals surface area (Å²) in [5.41, 5.74) is 2.57. The Kier molecular flexibility index (Phi) is 7.76. The molecular formula is C28H31ClFN3O4. The van der Waals surface area contributed by atoms with Crippen molar-refractivity contribution in [3.63, 3.8) is 0 Å². The Labute approximate surface area is 220 Å². The van der Waals surface area contributed by atoms with Crippen LogP contribution in [0.25, 0.3) is 0 Å². The van der Waals surface area contributed by atoms with Crippen molar-refractivity contribution in [2.45, 2.75) is 69.6 Å². The molecular weight excluding hydrogens is 497 g/mol. The van der Waals surface area contributed by atoms with E-state index >= 15 is 0 Å². The molecule has 3 amide bonds. The maximum Gasteiger partial charge on any atom is 0.255 e. The van der Waals surface area contributed by atoms with Crippen LogP contribution in [0, 0.1) is 5.82 Å². The minimum Gasteiger partial charge on any atom is -0.490 e. The van der Waals surface area contributed by atoms with Crippen LogP contribution in [0.4, 0.5) is 4.39 Å². The minimum atomic E-state index is -0.569. The predicted molar refractivity (Wildman–Crippen MR) is 137 cm³/mol. The van der Waals surface area contributed by atoms with Crippen LogP contribution < -0.4 is 15.4 Å². The predicted octanol–water partition coefficient (Wildman–Crippen LogP) is 4.33. The summed E-state index contributed by atoms with van der Waals surface area (Å²) in [6, 6.07) is 9.59. The van der Waals surface area contributed by atoms with Crippen molar-refractivity contribution >= 4 is 29.3 Å². The second-order valence-corrected chi connectivity index (χ2v) is 10.5. The number of rotatable bonds is 4. The maximum absolute atomic E-state index is 12.6. The summed E-state index contributed by atoms with van der Waals surface area (Å²) in [7, 11) is 0. The molecule has 0 radical (unpaired) electrons. The van der Waals surface area contributed by atoms with E-state index in [1.807, 2.05) is 12.1 Å². The second kappa shape index (κ2) is 11.2. The number of fused-ring (bicyclic) bond motifs is 1. The topological polar surface area (TPSA) is 87.7 Å². The third-order valence-electron chi connectivity index (χ3n) is 7.53. The first kappa shape index (κ1) is 25.7. The van der Waals surface area contributed by atoms with Gasteiger partial charge >= 0.3 is 0 Å². The summed E-state index contributed by atoms with van der Waals surface area (Å²) in [6.45, 7) is 2.29. The normalized spacial score (nSPS) is 22.1. The average Bonchev–Trinajstić information content (AvgIpc) is 3.16. The molecule has 0 aromatic heterocycles. The number of halogens is 2. The van der Waals surface area contributed by atoms with Crippen LogP contribution in [0.3, 0.4) is 0 Å². The molecule has 2 saturated heterocycles. The van der Waals surface area contributed by atoms with Gasteiger partial charge < -0.3 is 15.0 Å². The van der Waals surface area contributed by atoms with Crippen LogP contribution in [0.2, 0.25) is 5.02 Å². The second-order valence-electron chi connectivity index (χ2n) is 10.1. The summed E-state index contributed by atoms with van der Waals surface area (Å²) in [5, 5.41) is 6.01. The molecule has 0 spiro atoms. The molecule has 7 nitrogen and oxygen atoms in total. The van der Waals surface area contributed by atoms with Gasteiger partial charge in [-0.3, -0.25) is 19.7 Å². The van der Waals surface area contributed by atoms with E-state index in [0.29, 0.717) is 29.5 Å². The molecule has 2 aromatic rings. The molecule has 9 heteroatoms. The fourth-order valence-electron chi connectivity index (χ4n) is 5.34. The summed E-state index contributed by atoms with van der Waals surface area (Å²) in [6.07, 6.45) is 6.77. The van der Waals surface area contributed by atoms with Crippen molar-refractivity contribution in [1.82, 2.24) is 15.5 Å². The van der Waals surface area contributed by atoms with Crippen LogP contribution in [0.15, 0.2) is 36.4 Å².